The van der Waals surface area contributed by atoms with Gasteiger partial charge in [0.25, 0.3) is 0 Å². The third kappa shape index (κ3) is 0.675. The molecule has 9 heavy (non-hydrogen) atoms. The molecule has 0 bridgehead atoms. The molecule has 0 amide bonds. The number of nitrogens with one attached hydrogen (secondary N) is 2. The number of hydrogen-bond donors (Lipinski definition) is 2. The summed E-state index contributed by atoms with van der Waals surface area (Å²) in [6.45, 7) is 1.78. The Morgan fingerprint density at radius 1 is 1.67 bits per heavy atom. The maximum absolute atomic E-state index is 3.99. The summed E-state index contributed by atoms with van der Waals surface area (Å²) < 4.78 is 0. The first-order valence-electron chi connectivity index (χ1n) is 2.92. The van der Waals surface area contributed by atoms with Gasteiger partial charge in [-0.2, -0.15) is 0 Å². The highest BCUT2D eigenvalue weighted by molar-refractivity contribution is 5.62. The van der Waals surface area contributed by atoms with E-state index in [-0.39, 0.29) is 0 Å². The van der Waals surface area contributed by atoms with Gasteiger partial charge in [-0.15, -0.1) is 0 Å². The van der Waals surface area contributed by atoms with Crippen molar-refractivity contribution in [2.24, 2.45) is 4.99 Å². The van der Waals surface area contributed by atoms with E-state index in [1.807, 2.05) is 12.4 Å². The van der Waals surface area contributed by atoms with Crippen LogP contribution in [0.1, 0.15) is 0 Å². The van der Waals surface area contributed by atoms with Crippen LogP contribution in [0.3, 0.4) is 0 Å². The van der Waals surface area contributed by atoms with Gasteiger partial charge in [0.2, 0.25) is 0 Å². The van der Waals surface area contributed by atoms with Crippen molar-refractivity contribution >= 4 is 6.21 Å². The average molecular weight is 124 g/mol. The fourth-order valence-electron chi connectivity index (χ4n) is 0.936. The van der Waals surface area contributed by atoms with Crippen LogP contribution in [0.25, 0.3) is 0 Å². The highest BCUT2D eigenvalue weighted by atomic mass is 15.6. The van der Waals surface area contributed by atoms with E-state index >= 15 is 0 Å². The van der Waals surface area contributed by atoms with E-state index in [2.05, 4.69) is 20.7 Å². The minimum Gasteiger partial charge on any atom is -0.336 e. The predicted octanol–water partition coefficient (Wildman–Crippen LogP) is -0.763. The number of aliphatic imine (C=N–C) groups is 1. The molecule has 0 spiro atoms. The molecule has 48 valence electrons. The predicted molar refractivity (Wildman–Crippen MR) is 34.4 cm³/mol. The number of rotatable bonds is 0. The molecule has 0 atom stereocenters. The first-order chi connectivity index (χ1) is 4.47. The molecule has 2 aliphatic rings. The molecule has 0 aromatic carbocycles. The fourth-order valence-corrected chi connectivity index (χ4v) is 0.936. The molecular formula is C5H8N4. The van der Waals surface area contributed by atoms with Gasteiger partial charge in [-0.3, -0.25) is 4.99 Å². The summed E-state index contributed by atoms with van der Waals surface area (Å²) >= 11 is 0. The molecule has 2 aliphatic heterocycles. The van der Waals surface area contributed by atoms with Crippen molar-refractivity contribution in [1.82, 2.24) is 15.8 Å². The largest absolute Gasteiger partial charge is 0.336 e. The molecule has 0 saturated carbocycles. The van der Waals surface area contributed by atoms with E-state index in [0.717, 1.165) is 19.0 Å². The van der Waals surface area contributed by atoms with Gasteiger partial charge in [0.15, 0.2) is 0 Å². The van der Waals surface area contributed by atoms with Gasteiger partial charge in [-0.1, -0.05) is 0 Å². The molecule has 0 aromatic heterocycles. The molecule has 2 heterocycles. The normalized spacial score (nSPS) is 23.1. The Labute approximate surface area is 53.2 Å². The quantitative estimate of drug-likeness (QED) is 0.446. The van der Waals surface area contributed by atoms with Crippen molar-refractivity contribution in [3.05, 3.63) is 12.0 Å². The molecular weight excluding hydrogens is 116 g/mol. The fraction of sp³-hybridized carbons (Fsp3) is 0.400. The van der Waals surface area contributed by atoms with E-state index in [1.54, 1.807) is 0 Å². The topological polar surface area (TPSA) is 39.7 Å². The van der Waals surface area contributed by atoms with Crippen molar-refractivity contribution in [2.75, 3.05) is 13.2 Å². The maximum Gasteiger partial charge on any atom is 0.136 e. The van der Waals surface area contributed by atoms with Crippen molar-refractivity contribution < 1.29 is 0 Å². The number of fused-ring (bicyclic) bond motifs is 1. The molecule has 0 aromatic rings. The molecule has 1 fully saturated rings. The third-order valence-electron chi connectivity index (χ3n) is 1.43. The molecule has 1 saturated heterocycles. The van der Waals surface area contributed by atoms with Crippen LogP contribution in [0.5, 0.6) is 0 Å². The van der Waals surface area contributed by atoms with Crippen LogP contribution in [0.15, 0.2) is 17.0 Å². The molecule has 0 radical (unpaired) electrons. The zero-order valence-electron chi connectivity index (χ0n) is 4.96. The van der Waals surface area contributed by atoms with Crippen LogP contribution in [0.4, 0.5) is 0 Å². The lowest BCUT2D eigenvalue weighted by Crippen LogP contribution is -2.24. The Bertz CT molecular complexity index is 172. The van der Waals surface area contributed by atoms with E-state index in [1.165, 1.54) is 0 Å². The van der Waals surface area contributed by atoms with Crippen LogP contribution in [-0.2, 0) is 0 Å². The minimum atomic E-state index is 0.873. The van der Waals surface area contributed by atoms with Crippen molar-refractivity contribution in [1.29, 1.82) is 0 Å². The highest BCUT2D eigenvalue weighted by Gasteiger charge is 2.15. The molecule has 2 N–H and O–H groups in total. The smallest absolute Gasteiger partial charge is 0.136 e. The summed E-state index contributed by atoms with van der Waals surface area (Å²) in [5.74, 6) is 1.07. The lowest BCUT2D eigenvalue weighted by Gasteiger charge is -2.15. The lowest BCUT2D eigenvalue weighted by atomic mass is 10.5. The van der Waals surface area contributed by atoms with E-state index in [4.69, 9.17) is 0 Å². The van der Waals surface area contributed by atoms with Gasteiger partial charge in [-0.05, 0) is 0 Å². The van der Waals surface area contributed by atoms with Crippen molar-refractivity contribution in [3.8, 4) is 0 Å². The highest BCUT2D eigenvalue weighted by Crippen LogP contribution is 2.05. The number of hydrazine groups is 1. The Balaban J connectivity index is 2.23. The molecule has 2 rings (SSSR count). The molecule has 4 nitrogen and oxygen atoms in total. The van der Waals surface area contributed by atoms with Gasteiger partial charge >= 0.3 is 0 Å². The summed E-state index contributed by atoms with van der Waals surface area (Å²) in [6.07, 6.45) is 3.70. The minimum absolute atomic E-state index is 0.873. The monoisotopic (exact) mass is 124 g/mol. The SMILES string of the molecule is C1=NC=C2NNCN2C1. The lowest BCUT2D eigenvalue weighted by molar-refractivity contribution is 0.433. The van der Waals surface area contributed by atoms with Gasteiger partial charge in [0.1, 0.15) is 5.82 Å². The van der Waals surface area contributed by atoms with Gasteiger partial charge in [0.05, 0.1) is 19.4 Å². The van der Waals surface area contributed by atoms with Crippen LogP contribution in [0.2, 0.25) is 0 Å². The summed E-state index contributed by atoms with van der Waals surface area (Å²) in [4.78, 5) is 6.15. The Morgan fingerprint density at radius 3 is 3.56 bits per heavy atom. The van der Waals surface area contributed by atoms with Gasteiger partial charge < -0.3 is 10.3 Å². The second-order valence-corrected chi connectivity index (χ2v) is 2.03. The summed E-state index contributed by atoms with van der Waals surface area (Å²) in [5, 5.41) is 0. The second-order valence-electron chi connectivity index (χ2n) is 2.03. The maximum atomic E-state index is 3.99. The Kier molecular flexibility index (Phi) is 0.927. The second kappa shape index (κ2) is 1.73. The third-order valence-corrected chi connectivity index (χ3v) is 1.43. The van der Waals surface area contributed by atoms with Crippen LogP contribution in [0, 0.1) is 0 Å². The van der Waals surface area contributed by atoms with Gasteiger partial charge in [-0.25, -0.2) is 5.43 Å². The number of nitrogens with zero attached hydrogens (tertiary/aromatic N) is 2. The van der Waals surface area contributed by atoms with E-state index in [0.29, 0.717) is 0 Å². The first kappa shape index (κ1) is 4.81. The summed E-state index contributed by atoms with van der Waals surface area (Å²) in [6, 6.07) is 0. The van der Waals surface area contributed by atoms with Crippen molar-refractivity contribution in [2.45, 2.75) is 0 Å². The van der Waals surface area contributed by atoms with Crippen molar-refractivity contribution in [3.63, 3.8) is 0 Å². The number of hydrogen-bond acceptors (Lipinski definition) is 4. The Morgan fingerprint density at radius 2 is 2.67 bits per heavy atom. The first-order valence-corrected chi connectivity index (χ1v) is 2.92. The standard InChI is InChI=1S/C5H8N4/c1-2-9-4-7-8-5(9)3-6-1/h1,3,7-8H,2,4H2. The van der Waals surface area contributed by atoms with Crippen LogP contribution < -0.4 is 10.9 Å². The van der Waals surface area contributed by atoms with E-state index in [9.17, 15) is 0 Å². The van der Waals surface area contributed by atoms with Gasteiger partial charge in [0, 0.05) is 6.21 Å². The average Bonchev–Trinajstić information content (AvgIpc) is 2.33. The van der Waals surface area contributed by atoms with Crippen LogP contribution >= 0.6 is 0 Å². The Hall–Kier alpha value is -1.03. The zero-order chi connectivity index (χ0) is 6.10. The molecule has 0 aliphatic carbocycles. The summed E-state index contributed by atoms with van der Waals surface area (Å²) in [5.41, 5.74) is 5.97. The molecule has 4 heteroatoms. The molecule has 0 unspecified atom stereocenters. The van der Waals surface area contributed by atoms with E-state index < -0.39 is 0 Å². The van der Waals surface area contributed by atoms with Crippen LogP contribution in [-0.4, -0.2) is 24.3 Å². The zero-order valence-corrected chi connectivity index (χ0v) is 4.96. The summed E-state index contributed by atoms with van der Waals surface area (Å²) in [7, 11) is 0.